The molecule has 3 aliphatic rings. The molecule has 4 atom stereocenters. The summed E-state index contributed by atoms with van der Waals surface area (Å²) >= 11 is 0. The molecular weight excluding hydrogens is 552 g/mol. The lowest BCUT2D eigenvalue weighted by atomic mass is 9.44. The van der Waals surface area contributed by atoms with Crippen LogP contribution in [0.4, 0.5) is 0 Å². The Morgan fingerprint density at radius 3 is 2.19 bits per heavy atom. The van der Waals surface area contributed by atoms with Crippen LogP contribution in [0, 0.1) is 22.7 Å². The van der Waals surface area contributed by atoms with Crippen molar-refractivity contribution in [3.05, 3.63) is 51.0 Å². The normalized spacial score (nSPS) is 29.0. The minimum atomic E-state index is -2.62. The van der Waals surface area contributed by atoms with Gasteiger partial charge >= 0.3 is 0 Å². The summed E-state index contributed by atoms with van der Waals surface area (Å²) in [5, 5.41) is 46.9. The summed E-state index contributed by atoms with van der Waals surface area (Å²) in [6, 6.07) is 1.94. The number of ketones is 3. The molecule has 3 aliphatic carbocycles. The van der Waals surface area contributed by atoms with Gasteiger partial charge in [-0.2, -0.15) is 0 Å². The van der Waals surface area contributed by atoms with E-state index in [9.17, 15) is 34.8 Å². The summed E-state index contributed by atoms with van der Waals surface area (Å²) in [4.78, 5) is 40.9. The molecule has 0 aromatic heterocycles. The second kappa shape index (κ2) is 11.2. The van der Waals surface area contributed by atoms with Gasteiger partial charge in [0.15, 0.2) is 23.5 Å². The SMILES string of the molecule is COC(CCCc1cc(C(C)C)c2c(c1O)C(=O)C1=C(O)[C@@]3(O)C(=O)C(C(C)=O)=C(O)C(C(C)C)[C@@]3(C)C[C@@]1(C)C2)OC. The topological polar surface area (TPSA) is 151 Å². The predicted molar refractivity (Wildman–Crippen MR) is 160 cm³/mol. The third-order valence-electron chi connectivity index (χ3n) is 10.2. The standard InChI is InChI=1S/C34H46O9/c1-16(2)20-13-19(11-10-12-22(42-8)43-9)27(36)24-21(20)14-32(6)15-33(7)25(17(3)4)28(37)23(18(5)35)30(39)34(33,41)31(40)26(32)29(24)38/h13,16-17,22,25,36-37,40-41H,10-12,14-15H2,1-9H3/t25?,32-,33-,34+/m1/s1. The fourth-order valence-electron chi connectivity index (χ4n) is 8.38. The Morgan fingerprint density at radius 2 is 1.67 bits per heavy atom. The average Bonchev–Trinajstić information content (AvgIpc) is 2.89. The number of allylic oxidation sites excluding steroid dienone is 2. The molecule has 4 rings (SSSR count). The molecule has 1 unspecified atom stereocenters. The van der Waals surface area contributed by atoms with E-state index in [1.807, 2.05) is 40.7 Å². The molecule has 0 spiro atoms. The van der Waals surface area contributed by atoms with Gasteiger partial charge in [-0.25, -0.2) is 0 Å². The van der Waals surface area contributed by atoms with Crippen LogP contribution in [0.2, 0.25) is 0 Å². The van der Waals surface area contributed by atoms with E-state index >= 15 is 0 Å². The van der Waals surface area contributed by atoms with Crippen LogP contribution in [-0.2, 0) is 31.9 Å². The molecule has 43 heavy (non-hydrogen) atoms. The van der Waals surface area contributed by atoms with Crippen LogP contribution in [0.5, 0.6) is 5.75 Å². The smallest absolute Gasteiger partial charge is 0.209 e. The minimum Gasteiger partial charge on any atom is -0.511 e. The van der Waals surface area contributed by atoms with Gasteiger partial charge in [0.25, 0.3) is 0 Å². The van der Waals surface area contributed by atoms with Crippen molar-refractivity contribution in [2.24, 2.45) is 22.7 Å². The van der Waals surface area contributed by atoms with Crippen molar-refractivity contribution >= 4 is 17.3 Å². The van der Waals surface area contributed by atoms with Crippen molar-refractivity contribution in [1.82, 2.24) is 0 Å². The van der Waals surface area contributed by atoms with E-state index in [2.05, 4.69) is 0 Å². The second-order valence-corrected chi connectivity index (χ2v) is 13.7. The molecule has 0 radical (unpaired) electrons. The second-order valence-electron chi connectivity index (χ2n) is 13.7. The Kier molecular flexibility index (Phi) is 8.54. The molecule has 9 heteroatoms. The van der Waals surface area contributed by atoms with E-state index in [4.69, 9.17) is 9.47 Å². The Labute approximate surface area is 253 Å². The van der Waals surface area contributed by atoms with Crippen molar-refractivity contribution < 1.29 is 44.3 Å². The number of aliphatic hydroxyl groups excluding tert-OH is 2. The number of ether oxygens (including phenoxy) is 2. The van der Waals surface area contributed by atoms with Gasteiger partial charge in [0.2, 0.25) is 5.78 Å². The third-order valence-corrected chi connectivity index (χ3v) is 10.2. The quantitative estimate of drug-likeness (QED) is 0.216. The van der Waals surface area contributed by atoms with Gasteiger partial charge in [0.05, 0.1) is 5.56 Å². The molecule has 0 heterocycles. The molecule has 9 nitrogen and oxygen atoms in total. The summed E-state index contributed by atoms with van der Waals surface area (Å²) in [5.41, 5.74) is -3.59. The molecule has 1 aromatic rings. The summed E-state index contributed by atoms with van der Waals surface area (Å²) in [6.07, 6.45) is 1.56. The van der Waals surface area contributed by atoms with Gasteiger partial charge in [0.1, 0.15) is 22.8 Å². The van der Waals surface area contributed by atoms with Gasteiger partial charge in [-0.1, -0.05) is 47.6 Å². The maximum Gasteiger partial charge on any atom is 0.209 e. The van der Waals surface area contributed by atoms with Crippen LogP contribution in [-0.4, -0.2) is 63.9 Å². The fraction of sp³-hybridized carbons (Fsp3) is 0.618. The van der Waals surface area contributed by atoms with Crippen molar-refractivity contribution in [2.75, 3.05) is 14.2 Å². The van der Waals surface area contributed by atoms with Crippen molar-refractivity contribution in [3.63, 3.8) is 0 Å². The highest BCUT2D eigenvalue weighted by atomic mass is 16.7. The van der Waals surface area contributed by atoms with Gasteiger partial charge < -0.3 is 29.9 Å². The van der Waals surface area contributed by atoms with Gasteiger partial charge in [-0.05, 0) is 67.6 Å². The fourth-order valence-corrected chi connectivity index (χ4v) is 8.38. The van der Waals surface area contributed by atoms with E-state index < -0.39 is 63.1 Å². The summed E-state index contributed by atoms with van der Waals surface area (Å²) < 4.78 is 10.6. The van der Waals surface area contributed by atoms with E-state index in [1.165, 1.54) is 0 Å². The number of phenolic OH excluding ortho intramolecular Hbond substituents is 1. The molecule has 236 valence electrons. The van der Waals surface area contributed by atoms with Crippen LogP contribution in [0.25, 0.3) is 0 Å². The predicted octanol–water partition coefficient (Wildman–Crippen LogP) is 5.41. The van der Waals surface area contributed by atoms with Crippen LogP contribution < -0.4 is 0 Å². The van der Waals surface area contributed by atoms with E-state index in [-0.39, 0.29) is 41.6 Å². The molecule has 0 saturated carbocycles. The van der Waals surface area contributed by atoms with Crippen molar-refractivity contribution in [1.29, 1.82) is 0 Å². The number of benzene rings is 1. The molecule has 0 fully saturated rings. The lowest BCUT2D eigenvalue weighted by Crippen LogP contribution is -2.67. The van der Waals surface area contributed by atoms with E-state index in [0.29, 0.717) is 30.4 Å². The number of hydrogen-bond donors (Lipinski definition) is 4. The number of phenols is 1. The highest BCUT2D eigenvalue weighted by Gasteiger charge is 2.71. The molecule has 4 N–H and O–H groups in total. The number of aliphatic hydroxyl groups is 3. The van der Waals surface area contributed by atoms with Crippen molar-refractivity contribution in [2.45, 2.75) is 98.4 Å². The monoisotopic (exact) mass is 598 g/mol. The Balaban J connectivity index is 1.95. The number of hydrogen-bond acceptors (Lipinski definition) is 9. The maximum absolute atomic E-state index is 14.4. The van der Waals surface area contributed by atoms with Gasteiger partial charge in [-0.15, -0.1) is 0 Å². The lowest BCUT2D eigenvalue weighted by Gasteiger charge is -2.59. The minimum absolute atomic E-state index is 0.00945. The number of methoxy groups -OCH3 is 2. The van der Waals surface area contributed by atoms with Gasteiger partial charge in [-0.3, -0.25) is 14.4 Å². The van der Waals surface area contributed by atoms with E-state index in [1.54, 1.807) is 21.1 Å². The summed E-state index contributed by atoms with van der Waals surface area (Å²) in [5.74, 6) is -5.05. The number of Topliss-reactive ketones (excluding diaryl/α,β-unsaturated/α-hetero) is 3. The summed E-state index contributed by atoms with van der Waals surface area (Å²) in [6.45, 7) is 12.2. The maximum atomic E-state index is 14.4. The number of fused-ring (bicyclic) bond motifs is 3. The third kappa shape index (κ3) is 4.66. The first kappa shape index (κ1) is 32.9. The molecule has 1 aromatic carbocycles. The van der Waals surface area contributed by atoms with Crippen molar-refractivity contribution in [3.8, 4) is 5.75 Å². The zero-order valence-electron chi connectivity index (χ0n) is 26.8. The molecule has 0 saturated heterocycles. The summed E-state index contributed by atoms with van der Waals surface area (Å²) in [7, 11) is 3.11. The largest absolute Gasteiger partial charge is 0.511 e. The van der Waals surface area contributed by atoms with Crippen LogP contribution in [0.3, 0.4) is 0 Å². The van der Waals surface area contributed by atoms with Crippen LogP contribution >= 0.6 is 0 Å². The number of carbonyl (C=O) groups excluding carboxylic acids is 3. The number of rotatable bonds is 9. The molecule has 0 bridgehead atoms. The van der Waals surface area contributed by atoms with Crippen LogP contribution in [0.15, 0.2) is 28.7 Å². The first-order valence-corrected chi connectivity index (χ1v) is 15.1. The number of aryl methyl sites for hydroxylation is 1. The first-order valence-electron chi connectivity index (χ1n) is 15.1. The number of carbonyl (C=O) groups is 3. The molecule has 0 aliphatic heterocycles. The lowest BCUT2D eigenvalue weighted by molar-refractivity contribution is -0.171. The van der Waals surface area contributed by atoms with E-state index in [0.717, 1.165) is 12.5 Å². The number of aromatic hydroxyl groups is 1. The Morgan fingerprint density at radius 1 is 1.07 bits per heavy atom. The highest BCUT2D eigenvalue weighted by Crippen LogP contribution is 2.65. The molecule has 0 amide bonds. The van der Waals surface area contributed by atoms with Gasteiger partial charge in [0, 0.05) is 36.5 Å². The van der Waals surface area contributed by atoms with Crippen LogP contribution in [0.1, 0.15) is 101 Å². The Bertz CT molecular complexity index is 1430. The Hall–Kier alpha value is -3.01. The molecular formula is C34H46O9. The average molecular weight is 599 g/mol. The zero-order valence-corrected chi connectivity index (χ0v) is 26.8. The highest BCUT2D eigenvalue weighted by molar-refractivity contribution is 6.25. The zero-order chi connectivity index (χ0) is 32.4. The first-order chi connectivity index (χ1) is 19.9.